The number of nitrogens with zero attached hydrogens (tertiary/aromatic N) is 2. The van der Waals surface area contributed by atoms with Crippen LogP contribution in [0.15, 0.2) is 67.0 Å². The number of para-hydroxylation sites is 1. The van der Waals surface area contributed by atoms with Gasteiger partial charge in [-0.05, 0) is 17.2 Å². The van der Waals surface area contributed by atoms with E-state index in [9.17, 15) is 0 Å². The van der Waals surface area contributed by atoms with Gasteiger partial charge in [0.05, 0.1) is 24.5 Å². The Morgan fingerprint density at radius 3 is 2.89 bits per heavy atom. The van der Waals surface area contributed by atoms with Gasteiger partial charge in [0.2, 0.25) is 0 Å². The summed E-state index contributed by atoms with van der Waals surface area (Å²) in [6, 6.07) is 18.8. The number of H-pyrrole nitrogens is 1. The van der Waals surface area contributed by atoms with Crippen molar-refractivity contribution >= 4 is 10.9 Å². The van der Waals surface area contributed by atoms with Gasteiger partial charge in [0.15, 0.2) is 0 Å². The molecule has 3 heterocycles. The molecular formula is C22H22N4O. The number of fused-ring (bicyclic) bond motifs is 2. The van der Waals surface area contributed by atoms with E-state index in [-0.39, 0.29) is 6.10 Å². The molecule has 4 aromatic rings. The fourth-order valence-electron chi connectivity index (χ4n) is 3.79. The van der Waals surface area contributed by atoms with Crippen molar-refractivity contribution in [3.63, 3.8) is 0 Å². The Kier molecular flexibility index (Phi) is 4.24. The molecule has 2 aromatic heterocycles. The zero-order valence-corrected chi connectivity index (χ0v) is 15.1. The highest BCUT2D eigenvalue weighted by Gasteiger charge is 2.22. The molecular weight excluding hydrogens is 336 g/mol. The van der Waals surface area contributed by atoms with Crippen molar-refractivity contribution in [2.45, 2.75) is 25.8 Å². The van der Waals surface area contributed by atoms with Crippen LogP contribution in [0.5, 0.6) is 0 Å². The zero-order valence-electron chi connectivity index (χ0n) is 15.1. The zero-order chi connectivity index (χ0) is 18.1. The summed E-state index contributed by atoms with van der Waals surface area (Å²) in [5.41, 5.74) is 4.83. The van der Waals surface area contributed by atoms with Crippen molar-refractivity contribution in [3.8, 4) is 11.3 Å². The fourth-order valence-corrected chi connectivity index (χ4v) is 3.79. The molecule has 1 unspecified atom stereocenters. The van der Waals surface area contributed by atoms with Gasteiger partial charge in [-0.25, -0.2) is 4.98 Å². The lowest BCUT2D eigenvalue weighted by molar-refractivity contribution is 0.00327. The number of imidazole rings is 1. The third kappa shape index (κ3) is 3.16. The quantitative estimate of drug-likeness (QED) is 0.572. The largest absolute Gasteiger partial charge is 0.367 e. The molecule has 5 nitrogen and oxygen atoms in total. The molecule has 1 aliphatic rings. The molecule has 1 atom stereocenters. The van der Waals surface area contributed by atoms with Crippen LogP contribution in [0.1, 0.15) is 11.4 Å². The predicted octanol–water partition coefficient (Wildman–Crippen LogP) is 3.72. The lowest BCUT2D eigenvalue weighted by Gasteiger charge is -2.26. The van der Waals surface area contributed by atoms with Crippen LogP contribution < -0.4 is 5.32 Å². The molecule has 0 saturated heterocycles. The van der Waals surface area contributed by atoms with Crippen molar-refractivity contribution in [2.75, 3.05) is 6.54 Å². The van der Waals surface area contributed by atoms with Gasteiger partial charge in [-0.15, -0.1) is 0 Å². The van der Waals surface area contributed by atoms with Gasteiger partial charge in [-0.3, -0.25) is 0 Å². The monoisotopic (exact) mass is 358 g/mol. The maximum atomic E-state index is 6.01. The van der Waals surface area contributed by atoms with Crippen LogP contribution in [-0.4, -0.2) is 27.2 Å². The van der Waals surface area contributed by atoms with Crippen LogP contribution >= 0.6 is 0 Å². The highest BCUT2D eigenvalue weighted by atomic mass is 16.5. The first-order valence-corrected chi connectivity index (χ1v) is 9.35. The number of ether oxygens (including phenoxy) is 1. The van der Waals surface area contributed by atoms with Gasteiger partial charge < -0.3 is 19.6 Å². The predicted molar refractivity (Wildman–Crippen MR) is 106 cm³/mol. The van der Waals surface area contributed by atoms with Crippen LogP contribution in [0.4, 0.5) is 0 Å². The lowest BCUT2D eigenvalue weighted by Crippen LogP contribution is -2.36. The first-order valence-electron chi connectivity index (χ1n) is 9.35. The van der Waals surface area contributed by atoms with Crippen LogP contribution in [0.25, 0.3) is 22.2 Å². The van der Waals surface area contributed by atoms with Crippen molar-refractivity contribution in [3.05, 3.63) is 78.4 Å². The molecule has 0 aliphatic carbocycles. The second-order valence-corrected chi connectivity index (χ2v) is 6.96. The van der Waals surface area contributed by atoms with Gasteiger partial charge in [0.25, 0.3) is 0 Å². The van der Waals surface area contributed by atoms with E-state index in [0.717, 1.165) is 31.2 Å². The van der Waals surface area contributed by atoms with E-state index in [1.807, 2.05) is 12.3 Å². The van der Waals surface area contributed by atoms with Crippen LogP contribution in [0, 0.1) is 0 Å². The van der Waals surface area contributed by atoms with E-state index in [0.29, 0.717) is 6.61 Å². The highest BCUT2D eigenvalue weighted by molar-refractivity contribution is 5.82. The van der Waals surface area contributed by atoms with E-state index in [4.69, 9.17) is 4.74 Å². The number of aromatic nitrogens is 3. The maximum Gasteiger partial charge on any atom is 0.135 e. The summed E-state index contributed by atoms with van der Waals surface area (Å²) in [6.07, 6.45) is 4.18. The van der Waals surface area contributed by atoms with E-state index in [2.05, 4.69) is 74.6 Å². The smallest absolute Gasteiger partial charge is 0.135 e. The summed E-state index contributed by atoms with van der Waals surface area (Å²) in [6.45, 7) is 3.02. The lowest BCUT2D eigenvalue weighted by atomic mass is 10.1. The van der Waals surface area contributed by atoms with E-state index in [1.165, 1.54) is 22.0 Å². The molecule has 0 bridgehead atoms. The van der Waals surface area contributed by atoms with E-state index in [1.54, 1.807) is 0 Å². The Morgan fingerprint density at radius 1 is 1.11 bits per heavy atom. The summed E-state index contributed by atoms with van der Waals surface area (Å²) in [7, 11) is 0. The van der Waals surface area contributed by atoms with Crippen LogP contribution in [-0.2, 0) is 24.4 Å². The third-order valence-corrected chi connectivity index (χ3v) is 5.20. The first kappa shape index (κ1) is 16.3. The van der Waals surface area contributed by atoms with Crippen molar-refractivity contribution in [2.24, 2.45) is 0 Å². The molecule has 0 radical (unpaired) electrons. The Morgan fingerprint density at radius 2 is 1.96 bits per heavy atom. The maximum absolute atomic E-state index is 6.01. The van der Waals surface area contributed by atoms with Crippen LogP contribution in [0.2, 0.25) is 0 Å². The summed E-state index contributed by atoms with van der Waals surface area (Å²) in [5.74, 6) is 1.00. The Balaban J connectivity index is 1.26. The average Bonchev–Trinajstić information content (AvgIpc) is 3.33. The van der Waals surface area contributed by atoms with Gasteiger partial charge in [0.1, 0.15) is 12.4 Å². The number of hydrogen-bond donors (Lipinski definition) is 2. The second-order valence-electron chi connectivity index (χ2n) is 6.96. The van der Waals surface area contributed by atoms with Gasteiger partial charge >= 0.3 is 0 Å². The summed E-state index contributed by atoms with van der Waals surface area (Å²) in [4.78, 5) is 7.86. The Hall–Kier alpha value is -2.89. The number of benzene rings is 2. The van der Waals surface area contributed by atoms with Gasteiger partial charge in [0, 0.05) is 30.2 Å². The van der Waals surface area contributed by atoms with Crippen molar-refractivity contribution in [1.29, 1.82) is 0 Å². The minimum atomic E-state index is 0.138. The molecule has 5 heteroatoms. The molecule has 2 N–H and O–H groups in total. The van der Waals surface area contributed by atoms with Crippen LogP contribution in [0.3, 0.4) is 0 Å². The molecule has 1 aliphatic heterocycles. The van der Waals surface area contributed by atoms with Crippen molar-refractivity contribution < 1.29 is 4.74 Å². The van der Waals surface area contributed by atoms with E-state index >= 15 is 0 Å². The standard InChI is InChI=1S/C22H22N4O/c1-2-6-16(7-3-1)21-13-25-22-15-27-18(14-26(21)22)12-23-10-17-11-24-20-9-5-4-8-19(17)20/h1-9,11,13,18,23-24H,10,12,14-15H2. The summed E-state index contributed by atoms with van der Waals surface area (Å²) >= 11 is 0. The molecule has 0 fully saturated rings. The molecule has 2 aromatic carbocycles. The molecule has 136 valence electrons. The number of nitrogens with one attached hydrogen (secondary N) is 2. The topological polar surface area (TPSA) is 54.9 Å². The Bertz CT molecular complexity index is 1050. The highest BCUT2D eigenvalue weighted by Crippen LogP contribution is 2.24. The van der Waals surface area contributed by atoms with Gasteiger partial charge in [-0.1, -0.05) is 48.5 Å². The number of hydrogen-bond acceptors (Lipinski definition) is 3. The average molecular weight is 358 g/mol. The molecule has 5 rings (SSSR count). The Labute approximate surface area is 158 Å². The normalized spacial score (nSPS) is 16.5. The molecule has 0 saturated carbocycles. The SMILES string of the molecule is c1ccc(-c2cnc3n2CC(CNCc2c[nH]c4ccccc24)OC3)cc1. The minimum Gasteiger partial charge on any atom is -0.367 e. The third-order valence-electron chi connectivity index (χ3n) is 5.20. The molecule has 0 spiro atoms. The summed E-state index contributed by atoms with van der Waals surface area (Å²) in [5, 5.41) is 4.83. The fraction of sp³-hybridized carbons (Fsp3) is 0.227. The molecule has 0 amide bonds. The molecule has 27 heavy (non-hydrogen) atoms. The van der Waals surface area contributed by atoms with Crippen molar-refractivity contribution in [1.82, 2.24) is 19.9 Å². The first-order chi connectivity index (χ1) is 13.4. The minimum absolute atomic E-state index is 0.138. The summed E-state index contributed by atoms with van der Waals surface area (Å²) < 4.78 is 8.30. The van der Waals surface area contributed by atoms with E-state index < -0.39 is 0 Å². The second kappa shape index (κ2) is 7.02. The number of rotatable bonds is 5. The van der Waals surface area contributed by atoms with Gasteiger partial charge in [-0.2, -0.15) is 0 Å². The number of aromatic amines is 1.